The molecule has 3 heterocycles. The van der Waals surface area contributed by atoms with Gasteiger partial charge in [0.15, 0.2) is 0 Å². The Kier molecular flexibility index (Phi) is 4.68. The highest BCUT2D eigenvalue weighted by Crippen LogP contribution is 2.18. The van der Waals surface area contributed by atoms with Crippen molar-refractivity contribution in [3.63, 3.8) is 0 Å². The number of anilines is 1. The van der Waals surface area contributed by atoms with Gasteiger partial charge in [0.25, 0.3) is 0 Å². The highest BCUT2D eigenvalue weighted by Gasteiger charge is 2.18. The van der Waals surface area contributed by atoms with E-state index in [0.717, 1.165) is 15.4 Å². The summed E-state index contributed by atoms with van der Waals surface area (Å²) in [5, 5.41) is 2.71. The summed E-state index contributed by atoms with van der Waals surface area (Å²) >= 11 is 3.02. The molecule has 3 aromatic heterocycles. The minimum Gasteiger partial charge on any atom is -0.428 e. The predicted octanol–water partition coefficient (Wildman–Crippen LogP) is 3.44. The number of urea groups is 1. The Morgan fingerprint density at radius 1 is 1.17 bits per heavy atom. The van der Waals surface area contributed by atoms with Crippen molar-refractivity contribution < 1.29 is 9.21 Å². The van der Waals surface area contributed by atoms with Gasteiger partial charge in [0.1, 0.15) is 5.76 Å². The minimum atomic E-state index is -0.270. The quantitative estimate of drug-likeness (QED) is 0.763. The number of oxazole rings is 1. The van der Waals surface area contributed by atoms with E-state index < -0.39 is 0 Å². The molecule has 0 saturated carbocycles. The largest absolute Gasteiger partial charge is 0.428 e. The molecule has 3 aromatic rings. The first-order chi connectivity index (χ1) is 11.1. The minimum absolute atomic E-state index is 0.212. The number of hydrogen-bond donors (Lipinski definition) is 1. The highest BCUT2D eigenvalue weighted by atomic mass is 32.1. The average molecular weight is 349 g/mol. The Balaban J connectivity index is 1.74. The summed E-state index contributed by atoms with van der Waals surface area (Å²) in [6.45, 7) is 4.57. The topological polar surface area (TPSA) is 84.2 Å². The van der Waals surface area contributed by atoms with Crippen LogP contribution in [0.2, 0.25) is 0 Å². The number of nitrogens with zero attached hydrogens (tertiary/aromatic N) is 4. The van der Waals surface area contributed by atoms with Gasteiger partial charge in [-0.3, -0.25) is 15.3 Å². The fourth-order valence-electron chi connectivity index (χ4n) is 1.91. The molecule has 2 amide bonds. The highest BCUT2D eigenvalue weighted by molar-refractivity contribution is 7.09. The number of aromatic nitrogens is 3. The van der Waals surface area contributed by atoms with Crippen LogP contribution in [-0.2, 0) is 13.1 Å². The fraction of sp³-hybridized carbons (Fsp3) is 0.286. The van der Waals surface area contributed by atoms with Gasteiger partial charge in [-0.25, -0.2) is 4.79 Å². The molecular weight excluding hydrogens is 334 g/mol. The first kappa shape index (κ1) is 15.6. The zero-order chi connectivity index (χ0) is 16.2. The van der Waals surface area contributed by atoms with Crippen LogP contribution in [0.5, 0.6) is 0 Å². The van der Waals surface area contributed by atoms with E-state index in [2.05, 4.69) is 20.3 Å². The van der Waals surface area contributed by atoms with Crippen molar-refractivity contribution in [1.82, 2.24) is 19.9 Å². The maximum absolute atomic E-state index is 12.6. The number of rotatable bonds is 5. The first-order valence-corrected chi connectivity index (χ1v) is 8.62. The fourth-order valence-corrected chi connectivity index (χ4v) is 3.13. The van der Waals surface area contributed by atoms with Gasteiger partial charge in [-0.2, -0.15) is 4.98 Å². The van der Waals surface area contributed by atoms with Crippen LogP contribution in [0, 0.1) is 13.8 Å². The Morgan fingerprint density at radius 2 is 1.78 bits per heavy atom. The maximum Gasteiger partial charge on any atom is 0.326 e. The molecule has 0 fully saturated rings. The summed E-state index contributed by atoms with van der Waals surface area (Å²) in [4.78, 5) is 28.5. The summed E-state index contributed by atoms with van der Waals surface area (Å²) in [5.41, 5.74) is 4.26. The molecule has 7 nitrogen and oxygen atoms in total. The van der Waals surface area contributed by atoms with Gasteiger partial charge in [0, 0.05) is 22.1 Å². The van der Waals surface area contributed by atoms with Crippen molar-refractivity contribution in [2.24, 2.45) is 0 Å². The van der Waals surface area contributed by atoms with Gasteiger partial charge in [-0.1, -0.05) is 0 Å². The number of aryl methyl sites for hydroxylation is 2. The third-order valence-corrected chi connectivity index (χ3v) is 4.72. The lowest BCUT2D eigenvalue weighted by Gasteiger charge is -2.20. The Labute approximate surface area is 141 Å². The Bertz CT molecular complexity index is 712. The standard InChI is InChI=1S/C14H15N5O2S2/c1-9-10(2)21-13(17-9)18-14(20)19(5-11-3-15-7-22-11)6-12-4-16-8-23-12/h3-4,7-8H,5-6H2,1-2H3,(H,17,18,20). The molecule has 0 atom stereocenters. The van der Waals surface area contributed by atoms with Gasteiger partial charge >= 0.3 is 12.0 Å². The van der Waals surface area contributed by atoms with E-state index >= 15 is 0 Å². The number of carbonyl (C=O) groups is 1. The Hall–Kier alpha value is -2.26. The van der Waals surface area contributed by atoms with E-state index in [0.29, 0.717) is 18.8 Å². The van der Waals surface area contributed by atoms with Gasteiger partial charge in [0.2, 0.25) is 0 Å². The van der Waals surface area contributed by atoms with Crippen molar-refractivity contribution in [1.29, 1.82) is 0 Å². The van der Waals surface area contributed by atoms with Crippen LogP contribution in [-0.4, -0.2) is 25.9 Å². The molecule has 0 aromatic carbocycles. The second-order valence-electron chi connectivity index (χ2n) is 4.88. The van der Waals surface area contributed by atoms with Crippen LogP contribution in [0.25, 0.3) is 0 Å². The third kappa shape index (κ3) is 3.93. The predicted molar refractivity (Wildman–Crippen MR) is 88.5 cm³/mol. The van der Waals surface area contributed by atoms with Gasteiger partial charge < -0.3 is 9.32 Å². The lowest BCUT2D eigenvalue weighted by molar-refractivity contribution is 0.206. The molecule has 0 aliphatic carbocycles. The van der Waals surface area contributed by atoms with Crippen LogP contribution >= 0.6 is 22.7 Å². The molecule has 0 spiro atoms. The summed E-state index contributed by atoms with van der Waals surface area (Å²) in [5.74, 6) is 0.691. The molecule has 3 rings (SSSR count). The van der Waals surface area contributed by atoms with Crippen LogP contribution in [0.3, 0.4) is 0 Å². The van der Waals surface area contributed by atoms with E-state index in [1.54, 1.807) is 28.3 Å². The van der Waals surface area contributed by atoms with Crippen LogP contribution in [0.1, 0.15) is 21.2 Å². The zero-order valence-corrected chi connectivity index (χ0v) is 14.3. The molecule has 0 unspecified atom stereocenters. The van der Waals surface area contributed by atoms with Crippen molar-refractivity contribution in [2.45, 2.75) is 26.9 Å². The monoisotopic (exact) mass is 349 g/mol. The molecule has 23 heavy (non-hydrogen) atoms. The molecule has 0 bridgehead atoms. The second kappa shape index (κ2) is 6.88. The van der Waals surface area contributed by atoms with Gasteiger partial charge in [-0.05, 0) is 13.8 Å². The molecule has 0 aliphatic heterocycles. The molecule has 9 heteroatoms. The van der Waals surface area contributed by atoms with Gasteiger partial charge in [-0.15, -0.1) is 22.7 Å². The van der Waals surface area contributed by atoms with E-state index in [1.165, 1.54) is 22.7 Å². The number of amides is 2. The summed E-state index contributed by atoms with van der Waals surface area (Å²) in [6.07, 6.45) is 3.52. The normalized spacial score (nSPS) is 10.7. The van der Waals surface area contributed by atoms with Crippen molar-refractivity contribution in [2.75, 3.05) is 5.32 Å². The number of hydrogen-bond acceptors (Lipinski definition) is 7. The van der Waals surface area contributed by atoms with Crippen molar-refractivity contribution in [3.05, 3.63) is 44.6 Å². The van der Waals surface area contributed by atoms with E-state index in [4.69, 9.17) is 4.42 Å². The second-order valence-corrected chi connectivity index (χ2v) is 6.82. The third-order valence-electron chi connectivity index (χ3n) is 3.19. The lowest BCUT2D eigenvalue weighted by Crippen LogP contribution is -2.33. The molecular formula is C14H15N5O2S2. The van der Waals surface area contributed by atoms with Crippen LogP contribution in [0.15, 0.2) is 27.8 Å². The van der Waals surface area contributed by atoms with Crippen molar-refractivity contribution in [3.8, 4) is 0 Å². The van der Waals surface area contributed by atoms with E-state index in [-0.39, 0.29) is 12.0 Å². The van der Waals surface area contributed by atoms with E-state index in [1.807, 2.05) is 13.8 Å². The van der Waals surface area contributed by atoms with Crippen molar-refractivity contribution >= 4 is 34.7 Å². The molecule has 1 N–H and O–H groups in total. The summed E-state index contributed by atoms with van der Waals surface area (Å²) < 4.78 is 5.42. The zero-order valence-electron chi connectivity index (χ0n) is 12.6. The smallest absolute Gasteiger partial charge is 0.326 e. The molecule has 0 saturated heterocycles. The molecule has 120 valence electrons. The number of thiazole rings is 2. The SMILES string of the molecule is Cc1nc(NC(=O)N(Cc2cncs2)Cc2cncs2)oc1C. The van der Waals surface area contributed by atoms with Crippen LogP contribution in [0.4, 0.5) is 10.8 Å². The molecule has 0 radical (unpaired) electrons. The Morgan fingerprint density at radius 3 is 2.22 bits per heavy atom. The van der Waals surface area contributed by atoms with E-state index in [9.17, 15) is 4.79 Å². The van der Waals surface area contributed by atoms with Gasteiger partial charge in [0.05, 0.1) is 29.8 Å². The first-order valence-electron chi connectivity index (χ1n) is 6.86. The summed E-state index contributed by atoms with van der Waals surface area (Å²) in [7, 11) is 0. The van der Waals surface area contributed by atoms with Crippen LogP contribution < -0.4 is 5.32 Å². The number of carbonyl (C=O) groups excluding carboxylic acids is 1. The average Bonchev–Trinajstić information content (AvgIpc) is 3.23. The number of nitrogens with one attached hydrogen (secondary N) is 1. The summed E-state index contributed by atoms with van der Waals surface area (Å²) in [6, 6.07) is -0.0586. The lowest BCUT2D eigenvalue weighted by atomic mass is 10.4. The molecule has 0 aliphatic rings. The maximum atomic E-state index is 12.6.